The third kappa shape index (κ3) is 11.0. The van der Waals surface area contributed by atoms with Crippen LogP contribution in [-0.4, -0.2) is 68.1 Å². The van der Waals surface area contributed by atoms with Crippen LogP contribution in [0.25, 0.3) is 0 Å². The van der Waals surface area contributed by atoms with Crippen molar-refractivity contribution in [2.45, 2.75) is 25.9 Å². The van der Waals surface area contributed by atoms with Crippen LogP contribution in [0.5, 0.6) is 17.2 Å². The van der Waals surface area contributed by atoms with Crippen molar-refractivity contribution in [2.24, 2.45) is 0 Å². The highest BCUT2D eigenvalue weighted by molar-refractivity contribution is 6.34. The third-order valence-electron chi connectivity index (χ3n) is 5.90. The molecule has 0 saturated carbocycles. The number of nitrogens with one attached hydrogen (secondary N) is 1. The SMILES string of the molecule is CCOC(Cc1ccc(OCCN(CCCOc2cc(Cl)cc(Cl)c2)C(=O)Nc2cccc(OC)c2)cc1)C(=O)O. The van der Waals surface area contributed by atoms with Crippen molar-refractivity contribution in [3.8, 4) is 17.2 Å². The molecule has 3 aromatic rings. The number of carboxylic acid groups (broad SMARTS) is 1. The van der Waals surface area contributed by atoms with Gasteiger partial charge in [-0.3, -0.25) is 0 Å². The number of anilines is 1. The number of urea groups is 1. The minimum atomic E-state index is -0.999. The summed E-state index contributed by atoms with van der Waals surface area (Å²) in [6.45, 7) is 3.39. The number of halogens is 2. The van der Waals surface area contributed by atoms with Gasteiger partial charge < -0.3 is 34.3 Å². The molecule has 0 fully saturated rings. The molecule has 3 aromatic carbocycles. The molecule has 0 saturated heterocycles. The molecule has 2 N–H and O–H groups in total. The van der Waals surface area contributed by atoms with E-state index in [-0.39, 0.29) is 19.1 Å². The summed E-state index contributed by atoms with van der Waals surface area (Å²) in [7, 11) is 1.56. The maximum absolute atomic E-state index is 13.1. The predicted molar refractivity (Wildman–Crippen MR) is 159 cm³/mol. The number of nitrogens with zero attached hydrogens (tertiary/aromatic N) is 1. The number of carboxylic acids is 1. The number of hydrogen-bond donors (Lipinski definition) is 2. The Balaban J connectivity index is 1.57. The molecule has 3 rings (SSSR count). The standard InChI is InChI=1S/C30H34Cl2N2O7/c1-3-39-28(29(35)36)16-21-8-10-25(11-9-21)41-15-13-34(30(37)33-24-6-4-7-26(20-24)38-2)12-5-14-40-27-18-22(31)17-23(32)19-27/h4,6-11,17-20,28H,3,5,12-16H2,1-2H3,(H,33,37)(H,35,36). The summed E-state index contributed by atoms with van der Waals surface area (Å²) >= 11 is 12.1. The zero-order chi connectivity index (χ0) is 29.6. The van der Waals surface area contributed by atoms with Gasteiger partial charge in [-0.15, -0.1) is 0 Å². The Bertz CT molecular complexity index is 1250. The van der Waals surface area contributed by atoms with Crippen LogP contribution in [0.1, 0.15) is 18.9 Å². The highest BCUT2D eigenvalue weighted by Crippen LogP contribution is 2.24. The van der Waals surface area contributed by atoms with E-state index in [1.165, 1.54) is 0 Å². The Morgan fingerprint density at radius 1 is 0.902 bits per heavy atom. The number of amides is 2. The first-order valence-electron chi connectivity index (χ1n) is 13.1. The number of hydrogen-bond acceptors (Lipinski definition) is 6. The first kappa shape index (κ1) is 31.9. The first-order chi connectivity index (χ1) is 19.8. The summed E-state index contributed by atoms with van der Waals surface area (Å²) in [5.74, 6) is 0.788. The van der Waals surface area contributed by atoms with Crippen LogP contribution in [0.15, 0.2) is 66.7 Å². The number of rotatable bonds is 16. The van der Waals surface area contributed by atoms with Gasteiger partial charge in [-0.05, 0) is 61.4 Å². The minimum absolute atomic E-state index is 0.242. The lowest BCUT2D eigenvalue weighted by Crippen LogP contribution is -2.39. The fraction of sp³-hybridized carbons (Fsp3) is 0.333. The summed E-state index contributed by atoms with van der Waals surface area (Å²) < 4.78 is 22.2. The van der Waals surface area contributed by atoms with Crippen LogP contribution in [0.2, 0.25) is 10.0 Å². The van der Waals surface area contributed by atoms with Gasteiger partial charge in [-0.25, -0.2) is 9.59 Å². The van der Waals surface area contributed by atoms with Crippen LogP contribution in [0.4, 0.5) is 10.5 Å². The van der Waals surface area contributed by atoms with E-state index in [2.05, 4.69) is 5.32 Å². The van der Waals surface area contributed by atoms with E-state index in [1.807, 2.05) is 0 Å². The maximum Gasteiger partial charge on any atom is 0.333 e. The van der Waals surface area contributed by atoms with E-state index in [1.54, 1.807) is 85.7 Å². The van der Waals surface area contributed by atoms with Gasteiger partial charge >= 0.3 is 12.0 Å². The van der Waals surface area contributed by atoms with Crippen molar-refractivity contribution in [3.05, 3.63) is 82.3 Å². The largest absolute Gasteiger partial charge is 0.497 e. The molecule has 0 aliphatic rings. The minimum Gasteiger partial charge on any atom is -0.497 e. The van der Waals surface area contributed by atoms with Gasteiger partial charge in [0.2, 0.25) is 0 Å². The van der Waals surface area contributed by atoms with Crippen molar-refractivity contribution in [1.29, 1.82) is 0 Å². The summed E-state index contributed by atoms with van der Waals surface area (Å²) in [5.41, 5.74) is 1.42. The lowest BCUT2D eigenvalue weighted by Gasteiger charge is -2.23. The molecule has 0 spiro atoms. The fourth-order valence-electron chi connectivity index (χ4n) is 3.90. The Labute approximate surface area is 249 Å². The van der Waals surface area contributed by atoms with E-state index >= 15 is 0 Å². The predicted octanol–water partition coefficient (Wildman–Crippen LogP) is 6.42. The molecule has 2 amide bonds. The van der Waals surface area contributed by atoms with Crippen molar-refractivity contribution in [2.75, 3.05) is 45.3 Å². The van der Waals surface area contributed by atoms with Gasteiger partial charge in [0, 0.05) is 41.4 Å². The van der Waals surface area contributed by atoms with Crippen LogP contribution < -0.4 is 19.5 Å². The monoisotopic (exact) mass is 604 g/mol. The quantitative estimate of drug-likeness (QED) is 0.182. The number of carbonyl (C=O) groups excluding carboxylic acids is 1. The number of aliphatic carboxylic acids is 1. The zero-order valence-electron chi connectivity index (χ0n) is 23.0. The van der Waals surface area contributed by atoms with E-state index in [4.69, 9.17) is 42.1 Å². The second kappa shape index (κ2) is 16.6. The molecular weight excluding hydrogens is 571 g/mol. The van der Waals surface area contributed by atoms with Gasteiger partial charge in [0.1, 0.15) is 23.9 Å². The molecule has 0 aliphatic carbocycles. The topological polar surface area (TPSA) is 107 Å². The molecule has 9 nitrogen and oxygen atoms in total. The lowest BCUT2D eigenvalue weighted by molar-refractivity contribution is -0.149. The van der Waals surface area contributed by atoms with Crippen LogP contribution in [0.3, 0.4) is 0 Å². The second-order valence-corrected chi connectivity index (χ2v) is 9.81. The first-order valence-corrected chi connectivity index (χ1v) is 13.9. The number of ether oxygens (including phenoxy) is 4. The van der Waals surface area contributed by atoms with Crippen molar-refractivity contribution < 1.29 is 33.6 Å². The van der Waals surface area contributed by atoms with Crippen molar-refractivity contribution in [1.82, 2.24) is 4.90 Å². The lowest BCUT2D eigenvalue weighted by atomic mass is 10.1. The average Bonchev–Trinajstić information content (AvgIpc) is 2.94. The fourth-order valence-corrected chi connectivity index (χ4v) is 4.41. The zero-order valence-corrected chi connectivity index (χ0v) is 24.5. The van der Waals surface area contributed by atoms with E-state index in [9.17, 15) is 14.7 Å². The molecule has 0 radical (unpaired) electrons. The van der Waals surface area contributed by atoms with Crippen molar-refractivity contribution in [3.63, 3.8) is 0 Å². The molecule has 0 bridgehead atoms. The second-order valence-electron chi connectivity index (χ2n) is 8.94. The average molecular weight is 606 g/mol. The van der Waals surface area contributed by atoms with Crippen LogP contribution >= 0.6 is 23.2 Å². The Hall–Kier alpha value is -3.66. The summed E-state index contributed by atoms with van der Waals surface area (Å²) in [6, 6.07) is 18.9. The molecule has 1 atom stereocenters. The Kier molecular flexibility index (Phi) is 12.9. The van der Waals surface area contributed by atoms with Crippen LogP contribution in [-0.2, 0) is 16.0 Å². The highest BCUT2D eigenvalue weighted by Gasteiger charge is 2.18. The number of carbonyl (C=O) groups is 2. The van der Waals surface area contributed by atoms with E-state index in [0.29, 0.717) is 65.7 Å². The van der Waals surface area contributed by atoms with Gasteiger partial charge in [0.05, 0.1) is 20.3 Å². The molecule has 41 heavy (non-hydrogen) atoms. The van der Waals surface area contributed by atoms with E-state index in [0.717, 1.165) is 5.56 Å². The molecule has 0 aromatic heterocycles. The third-order valence-corrected chi connectivity index (χ3v) is 6.34. The maximum atomic E-state index is 13.1. The Morgan fingerprint density at radius 2 is 1.61 bits per heavy atom. The smallest absolute Gasteiger partial charge is 0.333 e. The van der Waals surface area contributed by atoms with Gasteiger partial charge in [-0.2, -0.15) is 0 Å². The van der Waals surface area contributed by atoms with Gasteiger partial charge in [-0.1, -0.05) is 41.4 Å². The molecule has 1 unspecified atom stereocenters. The molecule has 0 heterocycles. The highest BCUT2D eigenvalue weighted by atomic mass is 35.5. The number of methoxy groups -OCH3 is 1. The summed E-state index contributed by atoms with van der Waals surface area (Å²) in [4.78, 5) is 26.1. The summed E-state index contributed by atoms with van der Waals surface area (Å²) in [5, 5.41) is 13.2. The normalized spacial score (nSPS) is 11.4. The van der Waals surface area contributed by atoms with Gasteiger partial charge in [0.15, 0.2) is 6.10 Å². The molecule has 220 valence electrons. The number of benzene rings is 3. The Morgan fingerprint density at radius 3 is 2.27 bits per heavy atom. The molecule has 0 aliphatic heterocycles. The van der Waals surface area contributed by atoms with Gasteiger partial charge in [0.25, 0.3) is 0 Å². The molecule has 11 heteroatoms. The summed E-state index contributed by atoms with van der Waals surface area (Å²) in [6.07, 6.45) is -0.0941. The van der Waals surface area contributed by atoms with Crippen LogP contribution in [0, 0.1) is 0 Å². The van der Waals surface area contributed by atoms with Crippen molar-refractivity contribution >= 4 is 40.9 Å². The van der Waals surface area contributed by atoms with E-state index < -0.39 is 12.1 Å². The molecular formula is C30H34Cl2N2O7.